The first-order valence-corrected chi connectivity index (χ1v) is 6.20. The van der Waals surface area contributed by atoms with Crippen LogP contribution >= 0.6 is 0 Å². The van der Waals surface area contributed by atoms with Gasteiger partial charge in [0, 0.05) is 12.7 Å². The second-order valence-electron chi connectivity index (χ2n) is 4.84. The van der Waals surface area contributed by atoms with Gasteiger partial charge in [0.05, 0.1) is 16.9 Å². The molecule has 2 heterocycles. The van der Waals surface area contributed by atoms with Crippen molar-refractivity contribution in [3.05, 3.63) is 46.4 Å². The zero-order chi connectivity index (χ0) is 14.0. The third-order valence-corrected chi connectivity index (χ3v) is 2.86. The van der Waals surface area contributed by atoms with E-state index in [0.717, 1.165) is 0 Å². The molecule has 0 unspecified atom stereocenters. The molecular formula is C14H17N3O2. The van der Waals surface area contributed by atoms with E-state index in [2.05, 4.69) is 10.1 Å². The lowest BCUT2D eigenvalue weighted by Crippen LogP contribution is -2.33. The van der Waals surface area contributed by atoms with E-state index in [1.54, 1.807) is 26.1 Å². The van der Waals surface area contributed by atoms with Crippen molar-refractivity contribution in [3.8, 4) is 11.4 Å². The minimum Gasteiger partial charge on any atom is -0.386 e. The Hall–Kier alpha value is -2.01. The van der Waals surface area contributed by atoms with Crippen LogP contribution in [0.1, 0.15) is 26.3 Å². The fourth-order valence-electron chi connectivity index (χ4n) is 1.83. The second kappa shape index (κ2) is 4.93. The third kappa shape index (κ3) is 2.71. The van der Waals surface area contributed by atoms with Crippen molar-refractivity contribution in [2.45, 2.75) is 32.9 Å². The van der Waals surface area contributed by atoms with Crippen molar-refractivity contribution in [2.24, 2.45) is 0 Å². The van der Waals surface area contributed by atoms with Crippen LogP contribution in [0.5, 0.6) is 0 Å². The van der Waals surface area contributed by atoms with Gasteiger partial charge in [0.2, 0.25) is 0 Å². The Labute approximate surface area is 111 Å². The molecule has 0 saturated heterocycles. The Balaban J connectivity index is 2.68. The van der Waals surface area contributed by atoms with Gasteiger partial charge in [-0.05, 0) is 39.0 Å². The molecule has 2 aromatic rings. The van der Waals surface area contributed by atoms with Crippen LogP contribution in [0.25, 0.3) is 11.4 Å². The van der Waals surface area contributed by atoms with Crippen molar-refractivity contribution in [2.75, 3.05) is 0 Å². The minimum absolute atomic E-state index is 0.269. The van der Waals surface area contributed by atoms with Crippen LogP contribution in [-0.2, 0) is 12.1 Å². The molecule has 0 spiro atoms. The first-order valence-electron chi connectivity index (χ1n) is 6.20. The number of aryl methyl sites for hydroxylation is 1. The number of aliphatic hydroxyl groups is 1. The zero-order valence-corrected chi connectivity index (χ0v) is 11.3. The van der Waals surface area contributed by atoms with Crippen LogP contribution in [0.2, 0.25) is 0 Å². The predicted molar refractivity (Wildman–Crippen MR) is 72.6 cm³/mol. The number of nitrogens with zero attached hydrogens (tertiary/aromatic N) is 3. The maximum Gasteiger partial charge on any atom is 0.272 e. The van der Waals surface area contributed by atoms with Gasteiger partial charge in [0.1, 0.15) is 5.69 Å². The van der Waals surface area contributed by atoms with Gasteiger partial charge in [-0.25, -0.2) is 4.68 Å². The van der Waals surface area contributed by atoms with Crippen LogP contribution in [-0.4, -0.2) is 19.9 Å². The monoisotopic (exact) mass is 259 g/mol. The van der Waals surface area contributed by atoms with Gasteiger partial charge >= 0.3 is 0 Å². The topological polar surface area (TPSA) is 68.0 Å². The van der Waals surface area contributed by atoms with Crippen LogP contribution in [0.15, 0.2) is 35.3 Å². The standard InChI is InChI=1S/C14H17N3O2/c1-4-17-13(18)10(14(2,3)19)9-12(16-17)11-7-5-6-8-15-11/h5-9,19H,4H2,1-3H3. The number of hydrogen-bond donors (Lipinski definition) is 1. The summed E-state index contributed by atoms with van der Waals surface area (Å²) in [6, 6.07) is 7.10. The summed E-state index contributed by atoms with van der Waals surface area (Å²) in [5.41, 5.74) is 0.106. The number of pyridine rings is 1. The van der Waals surface area contributed by atoms with Crippen molar-refractivity contribution >= 4 is 0 Å². The summed E-state index contributed by atoms with van der Waals surface area (Å²) in [4.78, 5) is 16.4. The van der Waals surface area contributed by atoms with Gasteiger partial charge in [-0.3, -0.25) is 9.78 Å². The average Bonchev–Trinajstić information content (AvgIpc) is 2.38. The molecule has 0 aliphatic carbocycles. The average molecular weight is 259 g/mol. The molecule has 5 nitrogen and oxygen atoms in total. The van der Waals surface area contributed by atoms with E-state index in [0.29, 0.717) is 23.5 Å². The van der Waals surface area contributed by atoms with E-state index in [-0.39, 0.29) is 5.56 Å². The SMILES string of the molecule is CCn1nc(-c2ccccn2)cc(C(C)(C)O)c1=O. The lowest BCUT2D eigenvalue weighted by Gasteiger charge is -2.18. The van der Waals surface area contributed by atoms with Gasteiger partial charge in [0.15, 0.2) is 0 Å². The molecule has 5 heteroatoms. The molecule has 0 aliphatic rings. The highest BCUT2D eigenvalue weighted by Crippen LogP contribution is 2.20. The molecule has 0 saturated carbocycles. The van der Waals surface area contributed by atoms with Crippen LogP contribution in [0.3, 0.4) is 0 Å². The number of hydrogen-bond acceptors (Lipinski definition) is 4. The lowest BCUT2D eigenvalue weighted by atomic mass is 9.99. The van der Waals surface area contributed by atoms with E-state index in [1.165, 1.54) is 4.68 Å². The lowest BCUT2D eigenvalue weighted by molar-refractivity contribution is 0.0762. The van der Waals surface area contributed by atoms with E-state index in [1.807, 2.05) is 25.1 Å². The smallest absolute Gasteiger partial charge is 0.272 e. The summed E-state index contributed by atoms with van der Waals surface area (Å²) in [6.45, 7) is 5.46. The zero-order valence-electron chi connectivity index (χ0n) is 11.3. The van der Waals surface area contributed by atoms with Crippen molar-refractivity contribution in [3.63, 3.8) is 0 Å². The maximum absolute atomic E-state index is 12.2. The number of rotatable bonds is 3. The largest absolute Gasteiger partial charge is 0.386 e. The minimum atomic E-state index is -1.21. The highest BCUT2D eigenvalue weighted by molar-refractivity contribution is 5.54. The van der Waals surface area contributed by atoms with Gasteiger partial charge in [-0.2, -0.15) is 5.10 Å². The summed E-state index contributed by atoms with van der Waals surface area (Å²) >= 11 is 0. The van der Waals surface area contributed by atoms with Crippen molar-refractivity contribution in [1.29, 1.82) is 0 Å². The molecule has 0 bridgehead atoms. The van der Waals surface area contributed by atoms with E-state index in [9.17, 15) is 9.90 Å². The highest BCUT2D eigenvalue weighted by atomic mass is 16.3. The first kappa shape index (κ1) is 13.4. The van der Waals surface area contributed by atoms with Gasteiger partial charge in [-0.15, -0.1) is 0 Å². The van der Waals surface area contributed by atoms with Crippen LogP contribution < -0.4 is 5.56 Å². The van der Waals surface area contributed by atoms with Crippen molar-refractivity contribution < 1.29 is 5.11 Å². The first-order chi connectivity index (χ1) is 8.93. The molecule has 0 radical (unpaired) electrons. The molecule has 0 aliphatic heterocycles. The molecule has 0 fully saturated rings. The quantitative estimate of drug-likeness (QED) is 0.908. The van der Waals surface area contributed by atoms with Gasteiger partial charge in [-0.1, -0.05) is 6.07 Å². The number of aromatic nitrogens is 3. The normalized spacial score (nSPS) is 11.6. The molecule has 1 N–H and O–H groups in total. The molecule has 0 aromatic carbocycles. The molecule has 100 valence electrons. The molecule has 2 rings (SSSR count). The third-order valence-electron chi connectivity index (χ3n) is 2.86. The Bertz CT molecular complexity index is 627. The maximum atomic E-state index is 12.2. The molecule has 19 heavy (non-hydrogen) atoms. The van der Waals surface area contributed by atoms with E-state index in [4.69, 9.17) is 0 Å². The fraction of sp³-hybridized carbons (Fsp3) is 0.357. The second-order valence-corrected chi connectivity index (χ2v) is 4.84. The van der Waals surface area contributed by atoms with Gasteiger partial charge in [0.25, 0.3) is 5.56 Å². The predicted octanol–water partition coefficient (Wildman–Crippen LogP) is 1.55. The summed E-state index contributed by atoms with van der Waals surface area (Å²) < 4.78 is 1.34. The summed E-state index contributed by atoms with van der Waals surface area (Å²) in [5.74, 6) is 0. The Kier molecular flexibility index (Phi) is 3.48. The molecule has 2 aromatic heterocycles. The highest BCUT2D eigenvalue weighted by Gasteiger charge is 2.23. The van der Waals surface area contributed by atoms with Crippen LogP contribution in [0.4, 0.5) is 0 Å². The summed E-state index contributed by atoms with van der Waals surface area (Å²) in [6.07, 6.45) is 1.67. The van der Waals surface area contributed by atoms with Crippen LogP contribution in [0, 0.1) is 0 Å². The van der Waals surface area contributed by atoms with E-state index < -0.39 is 5.60 Å². The summed E-state index contributed by atoms with van der Waals surface area (Å²) in [7, 11) is 0. The molecule has 0 atom stereocenters. The Morgan fingerprint density at radius 1 is 1.32 bits per heavy atom. The molecular weight excluding hydrogens is 242 g/mol. The Morgan fingerprint density at radius 3 is 2.58 bits per heavy atom. The molecule has 0 amide bonds. The van der Waals surface area contributed by atoms with Crippen molar-refractivity contribution in [1.82, 2.24) is 14.8 Å². The fourth-order valence-corrected chi connectivity index (χ4v) is 1.83. The van der Waals surface area contributed by atoms with E-state index >= 15 is 0 Å². The van der Waals surface area contributed by atoms with Gasteiger partial charge < -0.3 is 5.11 Å². The Morgan fingerprint density at radius 2 is 2.05 bits per heavy atom. The summed E-state index contributed by atoms with van der Waals surface area (Å²) in [5, 5.41) is 14.4.